The fourth-order valence-corrected chi connectivity index (χ4v) is 1.32. The summed E-state index contributed by atoms with van der Waals surface area (Å²) in [6.45, 7) is 1.00. The van der Waals surface area contributed by atoms with Gasteiger partial charge in [-0.05, 0) is 0 Å². The first-order valence-electron chi connectivity index (χ1n) is 4.08. The van der Waals surface area contributed by atoms with Crippen LogP contribution in [0.5, 0.6) is 0 Å². The van der Waals surface area contributed by atoms with Crippen molar-refractivity contribution < 1.29 is 19.4 Å². The molecule has 6 nitrogen and oxygen atoms in total. The van der Waals surface area contributed by atoms with Crippen LogP contribution in [0, 0.1) is 11.3 Å². The third-order valence-corrected chi connectivity index (χ3v) is 1.91. The summed E-state index contributed by atoms with van der Waals surface area (Å²) in [5.41, 5.74) is 0. The van der Waals surface area contributed by atoms with Crippen LogP contribution in [0.25, 0.3) is 0 Å². The molecule has 0 aromatic carbocycles. The number of carbonyl (C=O) groups excluding carboxylic acids is 2. The smallest absolute Gasteiger partial charge is 0.303 e. The van der Waals surface area contributed by atoms with Gasteiger partial charge in [-0.3, -0.25) is 9.59 Å². The molecular formula is C8H10N2O4. The molecule has 14 heavy (non-hydrogen) atoms. The van der Waals surface area contributed by atoms with Crippen LogP contribution in [0.3, 0.4) is 0 Å². The number of likely N-dealkylation sites (tertiary alicyclic amines) is 1. The number of ether oxygens (including phenoxy) is 1. The molecule has 0 aromatic rings. The summed E-state index contributed by atoms with van der Waals surface area (Å²) in [4.78, 5) is 22.8. The fraction of sp³-hybridized carbons (Fsp3) is 0.625. The zero-order valence-corrected chi connectivity index (χ0v) is 7.64. The molecular weight excluding hydrogens is 188 g/mol. The number of aliphatic hydroxyl groups is 1. The predicted octanol–water partition coefficient (Wildman–Crippen LogP) is -1.01. The van der Waals surface area contributed by atoms with Crippen LogP contribution in [-0.2, 0) is 14.3 Å². The van der Waals surface area contributed by atoms with Crippen molar-refractivity contribution in [1.82, 2.24) is 4.90 Å². The highest BCUT2D eigenvalue weighted by Gasteiger charge is 2.40. The molecule has 2 unspecified atom stereocenters. The quantitative estimate of drug-likeness (QED) is 0.453. The molecule has 1 fully saturated rings. The molecule has 1 rings (SSSR count). The molecule has 0 aromatic heterocycles. The highest BCUT2D eigenvalue weighted by Crippen LogP contribution is 2.19. The Morgan fingerprint density at radius 1 is 1.86 bits per heavy atom. The van der Waals surface area contributed by atoms with Crippen LogP contribution in [0.4, 0.5) is 0 Å². The summed E-state index contributed by atoms with van der Waals surface area (Å²) in [7, 11) is 0. The first-order valence-corrected chi connectivity index (χ1v) is 4.08. The van der Waals surface area contributed by atoms with E-state index in [0.717, 1.165) is 4.90 Å². The van der Waals surface area contributed by atoms with Crippen LogP contribution >= 0.6 is 0 Å². The van der Waals surface area contributed by atoms with Gasteiger partial charge < -0.3 is 14.7 Å². The lowest BCUT2D eigenvalue weighted by Crippen LogP contribution is -2.38. The molecule has 0 aliphatic carbocycles. The number of esters is 1. The maximum Gasteiger partial charge on any atom is 0.303 e. The minimum atomic E-state index is -1.20. The number of nitrogens with zero attached hydrogens (tertiary/aromatic N) is 2. The first kappa shape index (κ1) is 10.5. The van der Waals surface area contributed by atoms with Crippen molar-refractivity contribution >= 4 is 11.9 Å². The number of nitriles is 1. The Morgan fingerprint density at radius 3 is 3.00 bits per heavy atom. The second-order valence-electron chi connectivity index (χ2n) is 2.95. The van der Waals surface area contributed by atoms with E-state index in [4.69, 9.17) is 10.00 Å². The third-order valence-electron chi connectivity index (χ3n) is 1.91. The van der Waals surface area contributed by atoms with E-state index in [2.05, 4.69) is 0 Å². The maximum atomic E-state index is 11.2. The van der Waals surface area contributed by atoms with Crippen LogP contribution in [0.15, 0.2) is 0 Å². The standard InChI is InChI=1S/C8H10N2O4/c1-5(11)14-6-4-7(12)10(3-2-9)8(6)13/h6,8,13H,3-4H2,1H3. The Balaban J connectivity index is 2.64. The molecule has 1 aliphatic heterocycles. The van der Waals surface area contributed by atoms with E-state index in [1.165, 1.54) is 6.92 Å². The number of aliphatic hydroxyl groups excluding tert-OH is 1. The number of hydrogen-bond donors (Lipinski definition) is 1. The van der Waals surface area contributed by atoms with Gasteiger partial charge in [0.05, 0.1) is 12.5 Å². The second kappa shape index (κ2) is 4.07. The SMILES string of the molecule is CC(=O)OC1CC(=O)N(CC#N)C1O. The van der Waals surface area contributed by atoms with Gasteiger partial charge in [0.15, 0.2) is 12.3 Å². The molecule has 0 radical (unpaired) electrons. The summed E-state index contributed by atoms with van der Waals surface area (Å²) >= 11 is 0. The average Bonchev–Trinajstić information content (AvgIpc) is 2.32. The van der Waals surface area contributed by atoms with Gasteiger partial charge in [0.2, 0.25) is 5.91 Å². The van der Waals surface area contributed by atoms with Crippen molar-refractivity contribution in [2.24, 2.45) is 0 Å². The molecule has 1 aliphatic rings. The van der Waals surface area contributed by atoms with E-state index in [-0.39, 0.29) is 18.9 Å². The number of hydrogen-bond acceptors (Lipinski definition) is 5. The van der Waals surface area contributed by atoms with Crippen LogP contribution in [0.2, 0.25) is 0 Å². The lowest BCUT2D eigenvalue weighted by atomic mass is 10.3. The van der Waals surface area contributed by atoms with Crippen molar-refractivity contribution in [3.63, 3.8) is 0 Å². The van der Waals surface area contributed by atoms with Gasteiger partial charge in [-0.2, -0.15) is 5.26 Å². The van der Waals surface area contributed by atoms with Crippen molar-refractivity contribution in [2.45, 2.75) is 25.7 Å². The van der Waals surface area contributed by atoms with Gasteiger partial charge in [0.25, 0.3) is 0 Å². The zero-order valence-electron chi connectivity index (χ0n) is 7.64. The highest BCUT2D eigenvalue weighted by molar-refractivity contribution is 5.80. The van der Waals surface area contributed by atoms with E-state index in [9.17, 15) is 14.7 Å². The molecule has 2 atom stereocenters. The highest BCUT2D eigenvalue weighted by atomic mass is 16.6. The molecule has 1 heterocycles. The van der Waals surface area contributed by atoms with Gasteiger partial charge >= 0.3 is 5.97 Å². The van der Waals surface area contributed by atoms with Crippen LogP contribution in [-0.4, -0.2) is 40.8 Å². The Morgan fingerprint density at radius 2 is 2.50 bits per heavy atom. The zero-order chi connectivity index (χ0) is 10.7. The topological polar surface area (TPSA) is 90.6 Å². The Kier molecular flexibility index (Phi) is 3.04. The number of carbonyl (C=O) groups is 2. The van der Waals surface area contributed by atoms with E-state index < -0.39 is 18.3 Å². The lowest BCUT2D eigenvalue weighted by molar-refractivity contribution is -0.154. The van der Waals surface area contributed by atoms with Crippen LogP contribution in [0.1, 0.15) is 13.3 Å². The van der Waals surface area contributed by atoms with E-state index >= 15 is 0 Å². The largest absolute Gasteiger partial charge is 0.457 e. The van der Waals surface area contributed by atoms with E-state index in [1.54, 1.807) is 6.07 Å². The molecule has 6 heteroatoms. The number of amides is 1. The molecule has 76 valence electrons. The molecule has 0 bridgehead atoms. The summed E-state index contributed by atoms with van der Waals surface area (Å²) < 4.78 is 4.71. The summed E-state index contributed by atoms with van der Waals surface area (Å²) in [6, 6.07) is 1.75. The average molecular weight is 198 g/mol. The third kappa shape index (κ3) is 2.00. The Hall–Kier alpha value is -1.61. The summed E-state index contributed by atoms with van der Waals surface area (Å²) in [5.74, 6) is -0.939. The van der Waals surface area contributed by atoms with E-state index in [0.29, 0.717) is 0 Å². The molecule has 0 saturated carbocycles. The molecule has 1 amide bonds. The second-order valence-corrected chi connectivity index (χ2v) is 2.95. The van der Waals surface area contributed by atoms with Gasteiger partial charge in [-0.25, -0.2) is 0 Å². The van der Waals surface area contributed by atoms with Gasteiger partial charge in [0.1, 0.15) is 6.54 Å². The molecule has 0 spiro atoms. The normalized spacial score (nSPS) is 26.1. The summed E-state index contributed by atoms with van der Waals surface area (Å²) in [5, 5.41) is 17.8. The summed E-state index contributed by atoms with van der Waals surface area (Å²) in [6.07, 6.45) is -2.12. The van der Waals surface area contributed by atoms with Crippen molar-refractivity contribution in [3.8, 4) is 6.07 Å². The minimum absolute atomic E-state index is 0.0670. The minimum Gasteiger partial charge on any atom is -0.457 e. The molecule has 1 N–H and O–H groups in total. The van der Waals surface area contributed by atoms with Crippen molar-refractivity contribution in [2.75, 3.05) is 6.54 Å². The van der Waals surface area contributed by atoms with Crippen molar-refractivity contribution in [1.29, 1.82) is 5.26 Å². The monoisotopic (exact) mass is 198 g/mol. The molecule has 1 saturated heterocycles. The Labute approximate surface area is 80.7 Å². The van der Waals surface area contributed by atoms with Gasteiger partial charge in [-0.15, -0.1) is 0 Å². The van der Waals surface area contributed by atoms with Gasteiger partial charge in [-0.1, -0.05) is 0 Å². The predicted molar refractivity (Wildman–Crippen MR) is 43.5 cm³/mol. The lowest BCUT2D eigenvalue weighted by Gasteiger charge is -2.19. The van der Waals surface area contributed by atoms with Crippen molar-refractivity contribution in [3.05, 3.63) is 0 Å². The fourth-order valence-electron chi connectivity index (χ4n) is 1.32. The first-order chi connectivity index (χ1) is 6.56. The van der Waals surface area contributed by atoms with E-state index in [1.807, 2.05) is 0 Å². The number of rotatable bonds is 2. The maximum absolute atomic E-state index is 11.2. The van der Waals surface area contributed by atoms with Gasteiger partial charge in [0, 0.05) is 6.92 Å². The van der Waals surface area contributed by atoms with Crippen LogP contribution < -0.4 is 0 Å². The Bertz CT molecular complexity index is 296.